The molecule has 0 bridgehead atoms. The Labute approximate surface area is 196 Å². The van der Waals surface area contributed by atoms with E-state index in [0.29, 0.717) is 45.3 Å². The molecule has 1 atom stereocenters. The van der Waals surface area contributed by atoms with Crippen LogP contribution in [0.4, 0.5) is 4.39 Å². The van der Waals surface area contributed by atoms with E-state index in [9.17, 15) is 22.4 Å². The summed E-state index contributed by atoms with van der Waals surface area (Å²) < 4.78 is 40.5. The quantitative estimate of drug-likeness (QED) is 0.665. The molecule has 3 aliphatic heterocycles. The monoisotopic (exact) mass is 479 g/mol. The van der Waals surface area contributed by atoms with Gasteiger partial charge in [0.05, 0.1) is 10.8 Å². The van der Waals surface area contributed by atoms with Gasteiger partial charge in [0.25, 0.3) is 0 Å². The zero-order valence-corrected chi connectivity index (χ0v) is 19.9. The molecule has 9 heteroatoms. The minimum Gasteiger partial charge on any atom is -0.342 e. The number of likely N-dealkylation sites (tertiary alicyclic amines) is 2. The van der Waals surface area contributed by atoms with Crippen molar-refractivity contribution < 1.29 is 22.4 Å². The zero-order chi connectivity index (χ0) is 23.4. The average Bonchev–Trinajstić information content (AvgIpc) is 3.13. The van der Waals surface area contributed by atoms with Crippen molar-refractivity contribution in [2.24, 2.45) is 11.8 Å². The number of hydrogen-bond donors (Lipinski definition) is 0. The Kier molecular flexibility index (Phi) is 7.69. The van der Waals surface area contributed by atoms with E-state index in [0.717, 1.165) is 38.1 Å². The van der Waals surface area contributed by atoms with E-state index in [1.54, 1.807) is 0 Å². The molecule has 0 spiro atoms. The first-order valence-corrected chi connectivity index (χ1v) is 13.6. The van der Waals surface area contributed by atoms with Gasteiger partial charge in [-0.2, -0.15) is 4.31 Å². The number of piperidine rings is 2. The maximum absolute atomic E-state index is 13.2. The molecule has 0 saturated carbocycles. The van der Waals surface area contributed by atoms with Crippen LogP contribution >= 0.6 is 0 Å². The second-order valence-electron chi connectivity index (χ2n) is 9.50. The van der Waals surface area contributed by atoms with Gasteiger partial charge in [-0.3, -0.25) is 9.59 Å². The van der Waals surface area contributed by atoms with Crippen molar-refractivity contribution in [1.29, 1.82) is 0 Å². The predicted octanol–water partition coefficient (Wildman–Crippen LogP) is 2.87. The lowest BCUT2D eigenvalue weighted by atomic mass is 9.92. The van der Waals surface area contributed by atoms with Crippen LogP contribution in [0.2, 0.25) is 0 Å². The van der Waals surface area contributed by atoms with Gasteiger partial charge >= 0.3 is 0 Å². The van der Waals surface area contributed by atoms with Crippen LogP contribution in [-0.2, 0) is 19.6 Å². The average molecular weight is 480 g/mol. The number of amides is 2. The minimum absolute atomic E-state index is 0.0188. The fraction of sp³-hybridized carbons (Fsp3) is 0.667. The summed E-state index contributed by atoms with van der Waals surface area (Å²) in [4.78, 5) is 30.0. The second kappa shape index (κ2) is 10.5. The number of benzene rings is 1. The van der Waals surface area contributed by atoms with E-state index < -0.39 is 15.8 Å². The summed E-state index contributed by atoms with van der Waals surface area (Å²) in [6.07, 6.45) is 7.13. The van der Waals surface area contributed by atoms with Crippen molar-refractivity contribution >= 4 is 21.8 Å². The molecule has 0 aromatic heterocycles. The molecule has 182 valence electrons. The molecule has 1 aromatic rings. The van der Waals surface area contributed by atoms with E-state index in [2.05, 4.69) is 0 Å². The van der Waals surface area contributed by atoms with Gasteiger partial charge < -0.3 is 9.80 Å². The molecule has 2 amide bonds. The molecule has 4 rings (SSSR count). The van der Waals surface area contributed by atoms with Crippen LogP contribution in [0, 0.1) is 17.7 Å². The summed E-state index contributed by atoms with van der Waals surface area (Å²) in [5.74, 6) is -0.674. The van der Waals surface area contributed by atoms with Crippen LogP contribution in [-0.4, -0.2) is 73.6 Å². The highest BCUT2D eigenvalue weighted by Gasteiger charge is 2.37. The van der Waals surface area contributed by atoms with Crippen molar-refractivity contribution in [2.75, 3.05) is 39.3 Å². The second-order valence-corrected chi connectivity index (χ2v) is 11.4. The molecule has 33 heavy (non-hydrogen) atoms. The third kappa shape index (κ3) is 5.57. The molecule has 0 aliphatic carbocycles. The van der Waals surface area contributed by atoms with E-state index >= 15 is 0 Å². The van der Waals surface area contributed by atoms with Gasteiger partial charge in [-0.15, -0.1) is 0 Å². The van der Waals surface area contributed by atoms with E-state index in [1.807, 2.05) is 9.80 Å². The summed E-state index contributed by atoms with van der Waals surface area (Å²) >= 11 is 0. The van der Waals surface area contributed by atoms with Crippen LogP contribution < -0.4 is 0 Å². The van der Waals surface area contributed by atoms with Crippen molar-refractivity contribution in [3.8, 4) is 0 Å². The van der Waals surface area contributed by atoms with Gasteiger partial charge in [-0.05, 0) is 62.8 Å². The molecule has 3 saturated heterocycles. The van der Waals surface area contributed by atoms with Gasteiger partial charge in [0, 0.05) is 45.2 Å². The van der Waals surface area contributed by atoms with Crippen LogP contribution in [0.5, 0.6) is 0 Å². The standard InChI is InChI=1S/C24H34FN3O4S/c25-21-7-9-22(10-8-21)33(31,32)28-15-5-6-20(18-28)24(30)27-16-11-19(12-17-27)23(29)26-13-3-1-2-4-14-26/h7-10,19-20H,1-6,11-18H2. The Morgan fingerprint density at radius 1 is 0.727 bits per heavy atom. The van der Waals surface area contributed by atoms with Gasteiger partial charge in [0.2, 0.25) is 21.8 Å². The first-order chi connectivity index (χ1) is 15.9. The van der Waals surface area contributed by atoms with E-state index in [-0.39, 0.29) is 35.1 Å². The van der Waals surface area contributed by atoms with Crippen LogP contribution in [0.3, 0.4) is 0 Å². The first kappa shape index (κ1) is 24.1. The summed E-state index contributed by atoms with van der Waals surface area (Å²) in [6.45, 7) is 3.28. The molecular formula is C24H34FN3O4S. The molecule has 0 N–H and O–H groups in total. The Morgan fingerprint density at radius 2 is 1.30 bits per heavy atom. The van der Waals surface area contributed by atoms with Crippen LogP contribution in [0.15, 0.2) is 29.2 Å². The fourth-order valence-electron chi connectivity index (χ4n) is 5.27. The number of carbonyl (C=O) groups is 2. The van der Waals surface area contributed by atoms with Crippen LogP contribution in [0.1, 0.15) is 51.4 Å². The maximum atomic E-state index is 13.2. The molecule has 3 aliphatic rings. The van der Waals surface area contributed by atoms with Gasteiger partial charge in [-0.25, -0.2) is 12.8 Å². The fourth-order valence-corrected chi connectivity index (χ4v) is 6.80. The molecule has 3 fully saturated rings. The van der Waals surface area contributed by atoms with Crippen molar-refractivity contribution in [3.05, 3.63) is 30.1 Å². The molecular weight excluding hydrogens is 445 g/mol. The van der Waals surface area contributed by atoms with Gasteiger partial charge in [0.1, 0.15) is 5.82 Å². The summed E-state index contributed by atoms with van der Waals surface area (Å²) in [6, 6.07) is 4.80. The van der Waals surface area contributed by atoms with E-state index in [1.165, 1.54) is 29.3 Å². The van der Waals surface area contributed by atoms with Crippen LogP contribution in [0.25, 0.3) is 0 Å². The van der Waals surface area contributed by atoms with Crippen molar-refractivity contribution in [2.45, 2.75) is 56.3 Å². The predicted molar refractivity (Wildman–Crippen MR) is 122 cm³/mol. The SMILES string of the molecule is O=C(C1CCN(C(=O)C2CCCN(S(=O)(=O)c3ccc(F)cc3)C2)CC1)N1CCCCCC1. The maximum Gasteiger partial charge on any atom is 0.243 e. The summed E-state index contributed by atoms with van der Waals surface area (Å²) in [7, 11) is -3.77. The number of nitrogens with zero attached hydrogens (tertiary/aromatic N) is 3. The molecule has 7 nitrogen and oxygen atoms in total. The largest absolute Gasteiger partial charge is 0.342 e. The Morgan fingerprint density at radius 3 is 1.94 bits per heavy atom. The normalized spacial score (nSPS) is 23.8. The highest BCUT2D eigenvalue weighted by molar-refractivity contribution is 7.89. The smallest absolute Gasteiger partial charge is 0.243 e. The summed E-state index contributed by atoms with van der Waals surface area (Å²) in [5, 5.41) is 0. The molecule has 1 unspecified atom stereocenters. The topological polar surface area (TPSA) is 78.0 Å². The van der Waals surface area contributed by atoms with Gasteiger partial charge in [-0.1, -0.05) is 12.8 Å². The third-order valence-corrected chi connectivity index (χ3v) is 9.14. The summed E-state index contributed by atoms with van der Waals surface area (Å²) in [5.41, 5.74) is 0. The lowest BCUT2D eigenvalue weighted by Gasteiger charge is -2.38. The lowest BCUT2D eigenvalue weighted by molar-refractivity contribution is -0.143. The molecule has 3 heterocycles. The Balaban J connectivity index is 1.33. The lowest BCUT2D eigenvalue weighted by Crippen LogP contribution is -2.50. The molecule has 0 radical (unpaired) electrons. The van der Waals surface area contributed by atoms with Crippen molar-refractivity contribution in [1.82, 2.24) is 14.1 Å². The Hall–Kier alpha value is -2.00. The Bertz CT molecular complexity index is 937. The minimum atomic E-state index is -3.77. The van der Waals surface area contributed by atoms with Crippen molar-refractivity contribution in [3.63, 3.8) is 0 Å². The number of sulfonamides is 1. The number of rotatable bonds is 4. The molecule has 1 aromatic carbocycles. The van der Waals surface area contributed by atoms with E-state index in [4.69, 9.17) is 0 Å². The highest BCUT2D eigenvalue weighted by Crippen LogP contribution is 2.28. The number of carbonyl (C=O) groups excluding carboxylic acids is 2. The first-order valence-electron chi connectivity index (χ1n) is 12.2. The highest BCUT2D eigenvalue weighted by atomic mass is 32.2. The number of halogens is 1. The zero-order valence-electron chi connectivity index (χ0n) is 19.1. The third-order valence-electron chi connectivity index (χ3n) is 7.26. The number of hydrogen-bond acceptors (Lipinski definition) is 4. The van der Waals surface area contributed by atoms with Gasteiger partial charge in [0.15, 0.2) is 0 Å².